The third-order valence-corrected chi connectivity index (χ3v) is 4.38. The first-order valence-electron chi connectivity index (χ1n) is 6.98. The Kier molecular flexibility index (Phi) is 4.29. The number of rotatable bonds is 4. The minimum Gasteiger partial charge on any atom is -0.392 e. The van der Waals surface area contributed by atoms with Gasteiger partial charge >= 0.3 is 0 Å². The monoisotopic (exact) mass is 333 g/mol. The van der Waals surface area contributed by atoms with Gasteiger partial charge in [-0.3, -0.25) is 0 Å². The molecular formula is C16H16ClN3OS. The Labute approximate surface area is 137 Å². The number of thiophene rings is 1. The lowest BCUT2D eigenvalue weighted by Crippen LogP contribution is -2.16. The van der Waals surface area contributed by atoms with E-state index in [1.165, 1.54) is 16.9 Å². The van der Waals surface area contributed by atoms with Gasteiger partial charge in [0, 0.05) is 17.5 Å². The number of aromatic nitrogens is 2. The standard InChI is InChI=1S/C16H16ClN3OS/c1-9-3-5-11(6-4-9)12-8-22-15-13(12)14(18-7-10(2)21)19-16(17)20-15/h3-6,8,10,21H,7H2,1-2H3,(H,18,19,20). The molecule has 0 bridgehead atoms. The van der Waals surface area contributed by atoms with Crippen molar-refractivity contribution in [2.24, 2.45) is 0 Å². The van der Waals surface area contributed by atoms with Gasteiger partial charge in [0.25, 0.3) is 0 Å². The summed E-state index contributed by atoms with van der Waals surface area (Å²) < 4.78 is 0. The van der Waals surface area contributed by atoms with Gasteiger partial charge in [-0.1, -0.05) is 29.8 Å². The first-order chi connectivity index (χ1) is 10.5. The second-order valence-electron chi connectivity index (χ2n) is 5.27. The van der Waals surface area contributed by atoms with Gasteiger partial charge in [-0.25, -0.2) is 9.97 Å². The summed E-state index contributed by atoms with van der Waals surface area (Å²) in [5.41, 5.74) is 3.41. The molecule has 2 heterocycles. The molecule has 1 atom stereocenters. The molecule has 0 radical (unpaired) electrons. The summed E-state index contributed by atoms with van der Waals surface area (Å²) in [5, 5.41) is 15.9. The zero-order chi connectivity index (χ0) is 15.7. The molecule has 1 aromatic carbocycles. The molecule has 2 aromatic heterocycles. The number of aryl methyl sites for hydroxylation is 1. The molecule has 0 fully saturated rings. The Bertz CT molecular complexity index is 799. The molecule has 0 aliphatic carbocycles. The number of fused-ring (bicyclic) bond motifs is 1. The van der Waals surface area contributed by atoms with Gasteiger partial charge in [0.1, 0.15) is 10.6 Å². The Morgan fingerprint density at radius 2 is 2.00 bits per heavy atom. The molecule has 0 saturated carbocycles. The van der Waals surface area contributed by atoms with Crippen molar-refractivity contribution in [3.63, 3.8) is 0 Å². The van der Waals surface area contributed by atoms with Crippen molar-refractivity contribution in [1.29, 1.82) is 0 Å². The first kappa shape index (κ1) is 15.2. The SMILES string of the molecule is Cc1ccc(-c2csc3nc(Cl)nc(NCC(C)O)c23)cc1. The molecule has 22 heavy (non-hydrogen) atoms. The van der Waals surface area contributed by atoms with E-state index in [1.54, 1.807) is 6.92 Å². The van der Waals surface area contributed by atoms with Crippen molar-refractivity contribution in [1.82, 2.24) is 9.97 Å². The van der Waals surface area contributed by atoms with Crippen LogP contribution in [0.1, 0.15) is 12.5 Å². The number of hydrogen-bond donors (Lipinski definition) is 2. The minimum atomic E-state index is -0.467. The largest absolute Gasteiger partial charge is 0.392 e. The Balaban J connectivity index is 2.13. The molecule has 0 amide bonds. The number of benzene rings is 1. The number of hydrogen-bond acceptors (Lipinski definition) is 5. The average molecular weight is 334 g/mol. The van der Waals surface area contributed by atoms with Crippen molar-refractivity contribution >= 4 is 39.0 Å². The van der Waals surface area contributed by atoms with Crippen LogP contribution >= 0.6 is 22.9 Å². The fourth-order valence-electron chi connectivity index (χ4n) is 2.23. The van der Waals surface area contributed by atoms with Gasteiger partial charge < -0.3 is 10.4 Å². The summed E-state index contributed by atoms with van der Waals surface area (Å²) in [6, 6.07) is 8.34. The number of anilines is 1. The van der Waals surface area contributed by atoms with Crippen LogP contribution in [0.4, 0.5) is 5.82 Å². The number of aliphatic hydroxyl groups excluding tert-OH is 1. The van der Waals surface area contributed by atoms with E-state index in [-0.39, 0.29) is 5.28 Å². The molecule has 2 N–H and O–H groups in total. The smallest absolute Gasteiger partial charge is 0.225 e. The van der Waals surface area contributed by atoms with Crippen LogP contribution in [0.2, 0.25) is 5.28 Å². The third-order valence-electron chi connectivity index (χ3n) is 3.33. The lowest BCUT2D eigenvalue weighted by molar-refractivity contribution is 0.208. The van der Waals surface area contributed by atoms with Crippen LogP contribution in [0, 0.1) is 6.92 Å². The second kappa shape index (κ2) is 6.20. The van der Waals surface area contributed by atoms with Crippen molar-refractivity contribution in [2.45, 2.75) is 20.0 Å². The van der Waals surface area contributed by atoms with Gasteiger partial charge in [0.2, 0.25) is 5.28 Å². The summed E-state index contributed by atoms with van der Waals surface area (Å²) in [5.74, 6) is 0.660. The molecule has 6 heteroatoms. The van der Waals surface area contributed by atoms with Crippen LogP contribution in [-0.4, -0.2) is 27.7 Å². The summed E-state index contributed by atoms with van der Waals surface area (Å²) in [4.78, 5) is 9.42. The van der Waals surface area contributed by atoms with E-state index in [4.69, 9.17) is 11.6 Å². The van der Waals surface area contributed by atoms with Crippen molar-refractivity contribution < 1.29 is 5.11 Å². The quantitative estimate of drug-likeness (QED) is 0.705. The molecule has 1 unspecified atom stereocenters. The van der Waals surface area contributed by atoms with Gasteiger partial charge in [-0.15, -0.1) is 11.3 Å². The fraction of sp³-hybridized carbons (Fsp3) is 0.250. The van der Waals surface area contributed by atoms with E-state index in [1.807, 2.05) is 0 Å². The van der Waals surface area contributed by atoms with E-state index in [2.05, 4.69) is 51.9 Å². The highest BCUT2D eigenvalue weighted by Crippen LogP contribution is 2.37. The third kappa shape index (κ3) is 3.06. The lowest BCUT2D eigenvalue weighted by atomic mass is 10.0. The molecule has 4 nitrogen and oxygen atoms in total. The summed E-state index contributed by atoms with van der Waals surface area (Å²) >= 11 is 7.53. The van der Waals surface area contributed by atoms with Gasteiger partial charge in [-0.2, -0.15) is 0 Å². The first-order valence-corrected chi connectivity index (χ1v) is 8.24. The summed E-state index contributed by atoms with van der Waals surface area (Å²) in [7, 11) is 0. The maximum atomic E-state index is 9.49. The van der Waals surface area contributed by atoms with Crippen LogP contribution in [-0.2, 0) is 0 Å². The van der Waals surface area contributed by atoms with Crippen LogP contribution in [0.25, 0.3) is 21.3 Å². The average Bonchev–Trinajstić information content (AvgIpc) is 2.89. The highest BCUT2D eigenvalue weighted by molar-refractivity contribution is 7.17. The lowest BCUT2D eigenvalue weighted by Gasteiger charge is -2.10. The van der Waals surface area contributed by atoms with Crippen molar-refractivity contribution in [3.8, 4) is 11.1 Å². The number of nitrogens with one attached hydrogen (secondary N) is 1. The maximum Gasteiger partial charge on any atom is 0.225 e. The second-order valence-corrected chi connectivity index (χ2v) is 6.46. The van der Waals surface area contributed by atoms with Gasteiger partial charge in [0.15, 0.2) is 0 Å². The van der Waals surface area contributed by atoms with E-state index in [0.29, 0.717) is 12.4 Å². The van der Waals surface area contributed by atoms with Gasteiger partial charge in [0.05, 0.1) is 11.5 Å². The van der Waals surface area contributed by atoms with Crippen LogP contribution in [0.3, 0.4) is 0 Å². The zero-order valence-electron chi connectivity index (χ0n) is 12.3. The van der Waals surface area contributed by atoms with E-state index in [0.717, 1.165) is 21.3 Å². The zero-order valence-corrected chi connectivity index (χ0v) is 13.9. The van der Waals surface area contributed by atoms with E-state index < -0.39 is 6.10 Å². The Morgan fingerprint density at radius 3 is 2.68 bits per heavy atom. The molecule has 114 valence electrons. The van der Waals surface area contributed by atoms with E-state index in [9.17, 15) is 5.11 Å². The molecule has 0 saturated heterocycles. The highest BCUT2D eigenvalue weighted by atomic mass is 35.5. The molecule has 0 aliphatic rings. The van der Waals surface area contributed by atoms with Crippen molar-refractivity contribution in [3.05, 3.63) is 40.5 Å². The number of aliphatic hydroxyl groups is 1. The highest BCUT2D eigenvalue weighted by Gasteiger charge is 2.15. The molecule has 0 spiro atoms. The molecular weight excluding hydrogens is 318 g/mol. The van der Waals surface area contributed by atoms with Crippen LogP contribution in [0.15, 0.2) is 29.6 Å². The van der Waals surface area contributed by atoms with Crippen LogP contribution < -0.4 is 5.32 Å². The molecule has 3 aromatic rings. The molecule has 0 aliphatic heterocycles. The van der Waals surface area contributed by atoms with Crippen molar-refractivity contribution in [2.75, 3.05) is 11.9 Å². The molecule has 3 rings (SSSR count). The Hall–Kier alpha value is -1.69. The summed E-state index contributed by atoms with van der Waals surface area (Å²) in [6.45, 7) is 4.20. The van der Waals surface area contributed by atoms with Crippen LogP contribution in [0.5, 0.6) is 0 Å². The van der Waals surface area contributed by atoms with Gasteiger partial charge in [-0.05, 0) is 31.0 Å². The topological polar surface area (TPSA) is 58.0 Å². The predicted octanol–water partition coefficient (Wildman–Crippen LogP) is 4.11. The number of halogens is 1. The predicted molar refractivity (Wildman–Crippen MR) is 92.8 cm³/mol. The number of nitrogens with zero attached hydrogens (tertiary/aromatic N) is 2. The summed E-state index contributed by atoms with van der Waals surface area (Å²) in [6.07, 6.45) is -0.467. The maximum absolute atomic E-state index is 9.49. The minimum absolute atomic E-state index is 0.206. The fourth-order valence-corrected chi connectivity index (χ4v) is 3.40. The van der Waals surface area contributed by atoms with E-state index >= 15 is 0 Å². The normalized spacial score (nSPS) is 12.5. The Morgan fingerprint density at radius 1 is 1.27 bits per heavy atom.